The SMILES string of the molecule is CCCNC(=O)c1ccc(OCC(=O)O)cc1. The van der Waals surface area contributed by atoms with Gasteiger partial charge in [-0.1, -0.05) is 6.92 Å². The Morgan fingerprint density at radius 2 is 1.94 bits per heavy atom. The normalized spacial score (nSPS) is 9.71. The molecule has 0 aliphatic rings. The summed E-state index contributed by atoms with van der Waals surface area (Å²) in [5.41, 5.74) is 0.529. The maximum atomic E-state index is 11.5. The standard InChI is InChI=1S/C12H15NO4/c1-2-7-13-12(16)9-3-5-10(6-4-9)17-8-11(14)15/h3-6H,2,7-8H2,1H3,(H,13,16)(H,14,15). The van der Waals surface area contributed by atoms with E-state index in [0.717, 1.165) is 6.42 Å². The highest BCUT2D eigenvalue weighted by Gasteiger charge is 2.05. The maximum Gasteiger partial charge on any atom is 0.341 e. The Hall–Kier alpha value is -2.04. The van der Waals surface area contributed by atoms with Gasteiger partial charge in [-0.15, -0.1) is 0 Å². The summed E-state index contributed by atoms with van der Waals surface area (Å²) >= 11 is 0. The number of nitrogens with one attached hydrogen (secondary N) is 1. The monoisotopic (exact) mass is 237 g/mol. The Bertz CT molecular complexity index is 386. The van der Waals surface area contributed by atoms with Crippen LogP contribution in [-0.4, -0.2) is 30.1 Å². The second kappa shape index (κ2) is 6.52. The predicted molar refractivity (Wildman–Crippen MR) is 62.2 cm³/mol. The zero-order chi connectivity index (χ0) is 12.7. The summed E-state index contributed by atoms with van der Waals surface area (Å²) in [4.78, 5) is 21.8. The molecule has 1 amide bonds. The third-order valence-electron chi connectivity index (χ3n) is 2.01. The second-order valence-corrected chi connectivity index (χ2v) is 3.46. The maximum absolute atomic E-state index is 11.5. The Balaban J connectivity index is 2.55. The lowest BCUT2D eigenvalue weighted by atomic mass is 10.2. The van der Waals surface area contributed by atoms with Gasteiger partial charge in [0.2, 0.25) is 0 Å². The van der Waals surface area contributed by atoms with Gasteiger partial charge < -0.3 is 15.2 Å². The summed E-state index contributed by atoms with van der Waals surface area (Å²) in [6.07, 6.45) is 0.881. The van der Waals surface area contributed by atoms with Crippen LogP contribution in [0.5, 0.6) is 5.75 Å². The van der Waals surface area contributed by atoms with Gasteiger partial charge >= 0.3 is 5.97 Å². The molecule has 0 aliphatic heterocycles. The van der Waals surface area contributed by atoms with Crippen molar-refractivity contribution in [2.24, 2.45) is 0 Å². The van der Waals surface area contributed by atoms with E-state index >= 15 is 0 Å². The van der Waals surface area contributed by atoms with Gasteiger partial charge in [-0.25, -0.2) is 4.79 Å². The molecule has 0 aromatic heterocycles. The van der Waals surface area contributed by atoms with E-state index < -0.39 is 5.97 Å². The molecule has 0 unspecified atom stereocenters. The summed E-state index contributed by atoms with van der Waals surface area (Å²) in [6, 6.07) is 6.35. The van der Waals surface area contributed by atoms with Crippen LogP contribution in [0.15, 0.2) is 24.3 Å². The first-order valence-electron chi connectivity index (χ1n) is 5.36. The number of hydrogen-bond donors (Lipinski definition) is 2. The van der Waals surface area contributed by atoms with Crippen molar-refractivity contribution in [2.45, 2.75) is 13.3 Å². The number of carbonyl (C=O) groups excluding carboxylic acids is 1. The molecule has 0 fully saturated rings. The molecule has 0 saturated carbocycles. The van der Waals surface area contributed by atoms with E-state index in [0.29, 0.717) is 17.9 Å². The molecular weight excluding hydrogens is 222 g/mol. The number of amides is 1. The van der Waals surface area contributed by atoms with Crippen molar-refractivity contribution in [3.63, 3.8) is 0 Å². The summed E-state index contributed by atoms with van der Waals surface area (Å²) < 4.78 is 4.95. The zero-order valence-corrected chi connectivity index (χ0v) is 9.60. The van der Waals surface area contributed by atoms with Crippen LogP contribution in [0.4, 0.5) is 0 Å². The van der Waals surface area contributed by atoms with E-state index in [-0.39, 0.29) is 12.5 Å². The van der Waals surface area contributed by atoms with Crippen molar-refractivity contribution >= 4 is 11.9 Å². The molecule has 0 aliphatic carbocycles. The first-order chi connectivity index (χ1) is 8.13. The molecule has 1 aromatic rings. The van der Waals surface area contributed by atoms with Crippen LogP contribution in [0, 0.1) is 0 Å². The third-order valence-corrected chi connectivity index (χ3v) is 2.01. The van der Waals surface area contributed by atoms with Crippen LogP contribution in [0.25, 0.3) is 0 Å². The largest absolute Gasteiger partial charge is 0.482 e. The molecule has 0 atom stereocenters. The summed E-state index contributed by atoms with van der Waals surface area (Å²) in [7, 11) is 0. The van der Waals surface area contributed by atoms with Crippen molar-refractivity contribution in [1.29, 1.82) is 0 Å². The van der Waals surface area contributed by atoms with Crippen molar-refractivity contribution in [3.8, 4) is 5.75 Å². The van der Waals surface area contributed by atoms with E-state index in [2.05, 4.69) is 5.32 Å². The fourth-order valence-corrected chi connectivity index (χ4v) is 1.19. The second-order valence-electron chi connectivity index (χ2n) is 3.46. The first kappa shape index (κ1) is 13.0. The molecule has 0 radical (unpaired) electrons. The minimum absolute atomic E-state index is 0.142. The molecule has 0 bridgehead atoms. The van der Waals surface area contributed by atoms with Crippen LogP contribution in [0.1, 0.15) is 23.7 Å². The summed E-state index contributed by atoms with van der Waals surface area (Å²) in [5.74, 6) is -0.745. The quantitative estimate of drug-likeness (QED) is 0.781. The molecule has 17 heavy (non-hydrogen) atoms. The molecule has 5 nitrogen and oxygen atoms in total. The van der Waals surface area contributed by atoms with Crippen molar-refractivity contribution < 1.29 is 19.4 Å². The summed E-state index contributed by atoms with van der Waals surface area (Å²) in [5, 5.41) is 11.2. The van der Waals surface area contributed by atoms with Crippen LogP contribution >= 0.6 is 0 Å². The number of carboxylic acids is 1. The van der Waals surface area contributed by atoms with Crippen LogP contribution in [-0.2, 0) is 4.79 Å². The number of carboxylic acid groups (broad SMARTS) is 1. The Kier molecular flexibility index (Phi) is 5.00. The number of ether oxygens (including phenoxy) is 1. The number of hydrogen-bond acceptors (Lipinski definition) is 3. The van der Waals surface area contributed by atoms with Gasteiger partial charge in [-0.05, 0) is 30.7 Å². The average Bonchev–Trinajstić information content (AvgIpc) is 2.34. The highest BCUT2D eigenvalue weighted by atomic mass is 16.5. The molecule has 1 rings (SSSR count). The third kappa shape index (κ3) is 4.55. The average molecular weight is 237 g/mol. The predicted octanol–water partition coefficient (Wildman–Crippen LogP) is 1.29. The topological polar surface area (TPSA) is 75.6 Å². The molecule has 0 spiro atoms. The van der Waals surface area contributed by atoms with Gasteiger partial charge in [0.1, 0.15) is 5.75 Å². The first-order valence-corrected chi connectivity index (χ1v) is 5.36. The highest BCUT2D eigenvalue weighted by Crippen LogP contribution is 2.11. The van der Waals surface area contributed by atoms with Gasteiger partial charge in [0, 0.05) is 12.1 Å². The Morgan fingerprint density at radius 3 is 2.47 bits per heavy atom. The van der Waals surface area contributed by atoms with Gasteiger partial charge in [0.05, 0.1) is 0 Å². The minimum Gasteiger partial charge on any atom is -0.482 e. The highest BCUT2D eigenvalue weighted by molar-refractivity contribution is 5.94. The van der Waals surface area contributed by atoms with Crippen LogP contribution in [0.3, 0.4) is 0 Å². The van der Waals surface area contributed by atoms with E-state index in [1.807, 2.05) is 6.92 Å². The fourth-order valence-electron chi connectivity index (χ4n) is 1.19. The van der Waals surface area contributed by atoms with E-state index in [4.69, 9.17) is 9.84 Å². The van der Waals surface area contributed by atoms with Crippen molar-refractivity contribution in [3.05, 3.63) is 29.8 Å². The smallest absolute Gasteiger partial charge is 0.341 e. The molecule has 92 valence electrons. The van der Waals surface area contributed by atoms with Gasteiger partial charge in [0.15, 0.2) is 6.61 Å². The van der Waals surface area contributed by atoms with E-state index in [1.165, 1.54) is 0 Å². The van der Waals surface area contributed by atoms with Gasteiger partial charge in [-0.2, -0.15) is 0 Å². The molecular formula is C12H15NO4. The van der Waals surface area contributed by atoms with Crippen molar-refractivity contribution in [1.82, 2.24) is 5.32 Å². The Labute approximate surface area is 99.4 Å². The van der Waals surface area contributed by atoms with E-state index in [9.17, 15) is 9.59 Å². The van der Waals surface area contributed by atoms with Gasteiger partial charge in [-0.3, -0.25) is 4.79 Å². The zero-order valence-electron chi connectivity index (χ0n) is 9.60. The number of benzene rings is 1. The van der Waals surface area contributed by atoms with Crippen LogP contribution < -0.4 is 10.1 Å². The molecule has 1 aromatic carbocycles. The van der Waals surface area contributed by atoms with Crippen molar-refractivity contribution in [2.75, 3.05) is 13.2 Å². The number of carbonyl (C=O) groups is 2. The fraction of sp³-hybridized carbons (Fsp3) is 0.333. The van der Waals surface area contributed by atoms with Gasteiger partial charge in [0.25, 0.3) is 5.91 Å². The van der Waals surface area contributed by atoms with Crippen LogP contribution in [0.2, 0.25) is 0 Å². The van der Waals surface area contributed by atoms with E-state index in [1.54, 1.807) is 24.3 Å². The minimum atomic E-state index is -1.03. The molecule has 2 N–H and O–H groups in total. The number of aliphatic carboxylic acids is 1. The Morgan fingerprint density at radius 1 is 1.29 bits per heavy atom. The summed E-state index contributed by atoms with van der Waals surface area (Å²) in [6.45, 7) is 2.22. The molecule has 5 heteroatoms. The number of rotatable bonds is 6. The lowest BCUT2D eigenvalue weighted by Gasteiger charge is -2.05. The molecule has 0 heterocycles. The lowest BCUT2D eigenvalue weighted by Crippen LogP contribution is -2.23. The molecule has 0 saturated heterocycles. The lowest BCUT2D eigenvalue weighted by molar-refractivity contribution is -0.139.